The van der Waals surface area contributed by atoms with Crippen LogP contribution in [-0.2, 0) is 20.9 Å². The number of nitrogens with one attached hydrogen (secondary N) is 3. The molecule has 15 nitrogen and oxygen atoms in total. The number of hydrogen-bond acceptors (Lipinski definition) is 9. The van der Waals surface area contributed by atoms with Gasteiger partial charge in [-0.05, 0) is 55.5 Å². The second kappa shape index (κ2) is 15.2. The normalized spacial score (nSPS) is 14.9. The summed E-state index contributed by atoms with van der Waals surface area (Å²) in [7, 11) is 0. The summed E-state index contributed by atoms with van der Waals surface area (Å²) in [5.41, 5.74) is 18.0. The van der Waals surface area contributed by atoms with Crippen molar-refractivity contribution < 1.29 is 24.4 Å². The number of amides is 4. The van der Waals surface area contributed by atoms with Crippen LogP contribution in [0.2, 0.25) is 0 Å². The van der Waals surface area contributed by atoms with Crippen LogP contribution in [0.4, 0.5) is 11.4 Å². The first-order chi connectivity index (χ1) is 20.1. The van der Waals surface area contributed by atoms with E-state index in [4.69, 9.17) is 22.4 Å². The van der Waals surface area contributed by atoms with Crippen LogP contribution in [0.5, 0.6) is 0 Å². The van der Waals surface area contributed by atoms with Gasteiger partial charge in [0.05, 0.1) is 17.8 Å². The molecule has 0 radical (unpaired) electrons. The van der Waals surface area contributed by atoms with E-state index in [-0.39, 0.29) is 48.8 Å². The summed E-state index contributed by atoms with van der Waals surface area (Å²) >= 11 is 0. The third kappa shape index (κ3) is 9.07. The molecule has 0 aliphatic carbocycles. The minimum Gasteiger partial charge on any atom is -0.733 e. The minimum absolute atomic E-state index is 0.0413. The fraction of sp³-hybridized carbons (Fsp3) is 0.370. The van der Waals surface area contributed by atoms with Gasteiger partial charge in [-0.25, -0.2) is 0 Å². The van der Waals surface area contributed by atoms with Gasteiger partial charge in [-0.3, -0.25) is 29.4 Å². The van der Waals surface area contributed by atoms with Gasteiger partial charge < -0.3 is 48.5 Å². The Morgan fingerprint density at radius 1 is 1.10 bits per heavy atom. The van der Waals surface area contributed by atoms with Crippen molar-refractivity contribution in [1.82, 2.24) is 20.9 Å². The van der Waals surface area contributed by atoms with Gasteiger partial charge in [0.25, 0.3) is 5.91 Å². The number of hydrogen-bond donors (Lipinski definition) is 7. The lowest BCUT2D eigenvalue weighted by Gasteiger charge is -2.27. The van der Waals surface area contributed by atoms with Crippen LogP contribution >= 0.6 is 0 Å². The van der Waals surface area contributed by atoms with Crippen LogP contribution in [0.3, 0.4) is 0 Å². The van der Waals surface area contributed by atoms with E-state index in [0.717, 1.165) is 0 Å². The number of rotatable bonds is 13. The first-order valence-electron chi connectivity index (χ1n) is 13.4. The first-order valence-corrected chi connectivity index (χ1v) is 13.4. The summed E-state index contributed by atoms with van der Waals surface area (Å²) in [5, 5.41) is 27.4. The Labute approximate surface area is 242 Å². The van der Waals surface area contributed by atoms with E-state index in [1.54, 1.807) is 36.4 Å². The molecule has 0 aromatic heterocycles. The maximum absolute atomic E-state index is 13.3. The number of carbonyl (C=O) groups is 4. The van der Waals surface area contributed by atoms with E-state index in [1.807, 2.05) is 0 Å². The second-order valence-corrected chi connectivity index (χ2v) is 9.69. The third-order valence-electron chi connectivity index (χ3n) is 6.66. The van der Waals surface area contributed by atoms with E-state index >= 15 is 0 Å². The van der Waals surface area contributed by atoms with Crippen LogP contribution < -0.4 is 38.4 Å². The molecule has 1 fully saturated rings. The van der Waals surface area contributed by atoms with Gasteiger partial charge >= 0.3 is 0 Å². The van der Waals surface area contributed by atoms with Gasteiger partial charge in [0.15, 0.2) is 5.96 Å². The maximum Gasteiger partial charge on any atom is 0.256 e. The van der Waals surface area contributed by atoms with E-state index in [2.05, 4.69) is 20.9 Å². The molecule has 0 unspecified atom stereocenters. The molecule has 3 rings (SSSR count). The number of para-hydroxylation sites is 1. The molecule has 2 aromatic carbocycles. The highest BCUT2D eigenvalue weighted by molar-refractivity contribution is 6.02. The molecule has 1 heterocycles. The highest BCUT2D eigenvalue weighted by Gasteiger charge is 2.36. The second-order valence-electron chi connectivity index (χ2n) is 9.69. The summed E-state index contributed by atoms with van der Waals surface area (Å²) in [5.74, 6) is -2.04. The zero-order valence-corrected chi connectivity index (χ0v) is 23.0. The van der Waals surface area contributed by atoms with E-state index in [9.17, 15) is 24.4 Å². The Kier molecular flexibility index (Phi) is 11.5. The fourth-order valence-corrected chi connectivity index (χ4v) is 4.46. The largest absolute Gasteiger partial charge is 0.733 e. The lowest BCUT2D eigenvalue weighted by atomic mass is 10.1. The number of carbonyl (C=O) groups excluding carboxylic acids is 4. The number of guanidine groups is 1. The highest BCUT2D eigenvalue weighted by Crippen LogP contribution is 2.23. The lowest BCUT2D eigenvalue weighted by Crippen LogP contribution is -2.54. The standard InChI is InChI=1S/C27H36N9O6/c28-20-6-2-1-5-19(20)26(40)35-14-4-8-22(35)25(39)34-21(7-3-13-31-27(29)30)24(38)33-16-23(37)32-15-17-9-11-18(12-10-17)36(41)42/h1-2,5-6,9-12,21-22,41H,3-4,7-8,13-16,28H2,(H,32,37)(H,33,38)(H,34,39)(H4,29,30,31)/q-1/t21-,22-/m0/s1. The number of benzene rings is 2. The Bertz CT molecular complexity index is 1280. The number of aliphatic imine (C=N–C) groups is 1. The molecule has 15 heteroatoms. The van der Waals surface area contributed by atoms with Gasteiger partial charge in [-0.1, -0.05) is 24.3 Å². The van der Waals surface area contributed by atoms with E-state index in [0.29, 0.717) is 42.6 Å². The van der Waals surface area contributed by atoms with Crippen molar-refractivity contribution >= 4 is 41.0 Å². The predicted molar refractivity (Wildman–Crippen MR) is 156 cm³/mol. The van der Waals surface area contributed by atoms with Crippen molar-refractivity contribution in [2.24, 2.45) is 16.5 Å². The quantitative estimate of drug-likeness (QED) is 0.0526. The number of nitrogen functional groups attached to an aromatic ring is 1. The van der Waals surface area contributed by atoms with Gasteiger partial charge in [-0.2, -0.15) is 0 Å². The van der Waals surface area contributed by atoms with E-state index < -0.39 is 29.8 Å². The van der Waals surface area contributed by atoms with Crippen molar-refractivity contribution in [2.45, 2.75) is 44.3 Å². The number of anilines is 2. The molecule has 0 spiro atoms. The summed E-state index contributed by atoms with van der Waals surface area (Å²) < 4.78 is 0. The zero-order chi connectivity index (χ0) is 30.6. The molecule has 1 aliphatic rings. The smallest absolute Gasteiger partial charge is 0.256 e. The average Bonchev–Trinajstić information content (AvgIpc) is 3.46. The van der Waals surface area contributed by atoms with Crippen LogP contribution in [0.25, 0.3) is 0 Å². The van der Waals surface area contributed by atoms with Crippen LogP contribution in [0.1, 0.15) is 41.6 Å². The molecule has 2 atom stereocenters. The fourth-order valence-electron chi connectivity index (χ4n) is 4.46. The molecule has 2 aromatic rings. The van der Waals surface area contributed by atoms with Crippen molar-refractivity contribution in [3.8, 4) is 0 Å². The molecule has 1 saturated heterocycles. The Hall–Kier alpha value is -4.89. The third-order valence-corrected chi connectivity index (χ3v) is 6.66. The van der Waals surface area contributed by atoms with Crippen molar-refractivity contribution in [2.75, 3.05) is 30.6 Å². The summed E-state index contributed by atoms with van der Waals surface area (Å²) in [6, 6.07) is 10.7. The summed E-state index contributed by atoms with van der Waals surface area (Å²) in [6.07, 6.45) is 1.56. The Balaban J connectivity index is 1.59. The highest BCUT2D eigenvalue weighted by atomic mass is 16.8. The van der Waals surface area contributed by atoms with Gasteiger partial charge in [-0.15, -0.1) is 0 Å². The van der Waals surface area contributed by atoms with Gasteiger partial charge in [0, 0.05) is 25.3 Å². The number of likely N-dealkylation sites (tertiary alicyclic amines) is 1. The zero-order valence-electron chi connectivity index (χ0n) is 23.0. The van der Waals surface area contributed by atoms with Gasteiger partial charge in [0.1, 0.15) is 12.1 Å². The summed E-state index contributed by atoms with van der Waals surface area (Å²) in [4.78, 5) is 57.2. The summed E-state index contributed by atoms with van der Waals surface area (Å²) in [6.45, 7) is 0.354. The Morgan fingerprint density at radius 3 is 2.48 bits per heavy atom. The molecular formula is C27H36N9O6-. The topological polar surface area (TPSA) is 245 Å². The van der Waals surface area contributed by atoms with Crippen LogP contribution in [0.15, 0.2) is 53.5 Å². The molecule has 0 saturated carbocycles. The molecule has 10 N–H and O–H groups in total. The predicted octanol–water partition coefficient (Wildman–Crippen LogP) is -0.462. The number of nitrogens with two attached hydrogens (primary N) is 3. The molecule has 4 amide bonds. The van der Waals surface area contributed by atoms with Crippen LogP contribution in [0, 0.1) is 5.21 Å². The molecule has 226 valence electrons. The molecule has 1 aliphatic heterocycles. The van der Waals surface area contributed by atoms with Crippen molar-refractivity contribution in [3.63, 3.8) is 0 Å². The van der Waals surface area contributed by atoms with E-state index in [1.165, 1.54) is 17.0 Å². The molecular weight excluding hydrogens is 546 g/mol. The van der Waals surface area contributed by atoms with Gasteiger partial charge in [0.2, 0.25) is 17.7 Å². The lowest BCUT2D eigenvalue weighted by molar-refractivity contribution is -0.132. The number of nitrogens with zero attached hydrogens (tertiary/aromatic N) is 3. The van der Waals surface area contributed by atoms with Crippen molar-refractivity contribution in [3.05, 3.63) is 64.9 Å². The minimum atomic E-state index is -1.01. The average molecular weight is 583 g/mol. The van der Waals surface area contributed by atoms with Crippen LogP contribution in [-0.4, -0.2) is 71.4 Å². The molecule has 0 bridgehead atoms. The SMILES string of the molecule is NC(N)=NCCC[C@H](NC(=O)[C@@H]1CCCN1C(=O)c1ccccc1N)C(=O)NCC(=O)NCc1ccc(N([O-])O)cc1. The Morgan fingerprint density at radius 2 is 1.81 bits per heavy atom. The first kappa shape index (κ1) is 31.6. The monoisotopic (exact) mass is 582 g/mol. The maximum atomic E-state index is 13.3. The van der Waals surface area contributed by atoms with Crippen molar-refractivity contribution in [1.29, 1.82) is 0 Å². The molecule has 42 heavy (non-hydrogen) atoms.